The molecule has 1 aliphatic rings. The van der Waals surface area contributed by atoms with Gasteiger partial charge in [0.1, 0.15) is 6.33 Å². The summed E-state index contributed by atoms with van der Waals surface area (Å²) in [4.78, 5) is 23.2. The molecule has 40 heavy (non-hydrogen) atoms. The van der Waals surface area contributed by atoms with Crippen molar-refractivity contribution in [3.63, 3.8) is 0 Å². The molecule has 0 N–H and O–H groups in total. The van der Waals surface area contributed by atoms with Crippen molar-refractivity contribution >= 4 is 5.78 Å². The van der Waals surface area contributed by atoms with Crippen molar-refractivity contribution in [3.8, 4) is 17.2 Å². The van der Waals surface area contributed by atoms with E-state index >= 15 is 0 Å². The summed E-state index contributed by atoms with van der Waals surface area (Å²) in [6, 6.07) is 18.0. The molecule has 202 valence electrons. The first-order valence-corrected chi connectivity index (χ1v) is 13.9. The molecule has 2 aromatic carbocycles. The highest BCUT2D eigenvalue weighted by molar-refractivity contribution is 5.70. The Morgan fingerprint density at radius 1 is 1.07 bits per heavy atom. The fraction of sp³-hybridized carbons (Fsp3) is 0.355. The van der Waals surface area contributed by atoms with E-state index in [1.165, 1.54) is 0 Å². The third-order valence-corrected chi connectivity index (χ3v) is 7.96. The van der Waals surface area contributed by atoms with Crippen LogP contribution in [0.3, 0.4) is 0 Å². The van der Waals surface area contributed by atoms with Crippen LogP contribution in [0.2, 0.25) is 0 Å². The Morgan fingerprint density at radius 2 is 1.85 bits per heavy atom. The molecule has 1 aliphatic carbocycles. The van der Waals surface area contributed by atoms with Gasteiger partial charge in [-0.15, -0.1) is 0 Å². The maximum atomic E-state index is 14.2. The highest BCUT2D eigenvalue weighted by atomic mass is 16.5. The maximum absolute atomic E-state index is 14.2. The average Bonchev–Trinajstić information content (AvgIpc) is 3.65. The first-order chi connectivity index (χ1) is 19.6. The predicted octanol–water partition coefficient (Wildman–Crippen LogP) is 5.56. The lowest BCUT2D eigenvalue weighted by atomic mass is 9.85. The Labute approximate surface area is 232 Å². The minimum atomic E-state index is 0.0138. The third-order valence-electron chi connectivity index (χ3n) is 7.96. The van der Waals surface area contributed by atoms with Crippen LogP contribution >= 0.6 is 0 Å². The van der Waals surface area contributed by atoms with Crippen LogP contribution in [0.4, 0.5) is 0 Å². The summed E-state index contributed by atoms with van der Waals surface area (Å²) in [7, 11) is 0. The van der Waals surface area contributed by atoms with E-state index in [1.54, 1.807) is 6.33 Å². The number of nitriles is 1. The van der Waals surface area contributed by atoms with Crippen LogP contribution in [0.1, 0.15) is 85.1 Å². The van der Waals surface area contributed by atoms with Gasteiger partial charge in [0.2, 0.25) is 11.7 Å². The van der Waals surface area contributed by atoms with Gasteiger partial charge in [-0.3, -0.25) is 9.36 Å². The van der Waals surface area contributed by atoms with E-state index in [0.29, 0.717) is 29.5 Å². The molecule has 3 heterocycles. The second-order valence-electron chi connectivity index (χ2n) is 10.5. The van der Waals surface area contributed by atoms with E-state index in [4.69, 9.17) is 4.52 Å². The number of nitrogens with zero attached hydrogens (tertiary/aromatic N) is 7. The molecular weight excluding hydrogens is 502 g/mol. The summed E-state index contributed by atoms with van der Waals surface area (Å²) in [5, 5.41) is 18.0. The molecule has 0 atom stereocenters. The van der Waals surface area contributed by atoms with E-state index in [1.807, 2.05) is 64.5 Å². The van der Waals surface area contributed by atoms with Crippen LogP contribution in [0, 0.1) is 18.3 Å². The molecule has 6 rings (SSSR count). The lowest BCUT2D eigenvalue weighted by Gasteiger charge is -2.29. The van der Waals surface area contributed by atoms with Gasteiger partial charge in [-0.05, 0) is 61.8 Å². The van der Waals surface area contributed by atoms with Crippen molar-refractivity contribution in [1.29, 1.82) is 5.26 Å². The predicted molar refractivity (Wildman–Crippen MR) is 150 cm³/mol. The van der Waals surface area contributed by atoms with Gasteiger partial charge < -0.3 is 4.52 Å². The summed E-state index contributed by atoms with van der Waals surface area (Å²) in [5.74, 6) is 2.16. The molecule has 1 fully saturated rings. The molecule has 0 bridgehead atoms. The lowest BCUT2D eigenvalue weighted by molar-refractivity contribution is 0.269. The Kier molecular flexibility index (Phi) is 6.99. The molecule has 9 heteroatoms. The molecule has 9 nitrogen and oxygen atoms in total. The minimum absolute atomic E-state index is 0.0138. The largest absolute Gasteiger partial charge is 0.339 e. The summed E-state index contributed by atoms with van der Waals surface area (Å²) in [5.41, 5.74) is 5.26. The summed E-state index contributed by atoms with van der Waals surface area (Å²) in [6.07, 6.45) is 7.07. The van der Waals surface area contributed by atoms with Gasteiger partial charge in [-0.2, -0.15) is 20.3 Å². The SMILES string of the molecule is CCCc1c(Cc2ccc(-c3ccccc3C#N)cc2)c(=O)n(C2CCC(c3nc(C)no3)CC2)c2ncnn12. The number of aryl methyl sites for hydroxylation is 2. The summed E-state index contributed by atoms with van der Waals surface area (Å²) < 4.78 is 9.17. The van der Waals surface area contributed by atoms with Crippen LogP contribution in [0.25, 0.3) is 16.9 Å². The zero-order chi connectivity index (χ0) is 27.6. The lowest BCUT2D eigenvalue weighted by Crippen LogP contribution is -2.34. The molecule has 1 saturated carbocycles. The van der Waals surface area contributed by atoms with Crippen molar-refractivity contribution in [1.82, 2.24) is 29.3 Å². The normalized spacial score (nSPS) is 17.2. The molecular formula is C31H31N7O2. The molecule has 3 aromatic heterocycles. The van der Waals surface area contributed by atoms with Gasteiger partial charge in [0, 0.05) is 23.9 Å². The number of fused-ring (bicyclic) bond motifs is 1. The first kappa shape index (κ1) is 25.7. The molecule has 0 radical (unpaired) electrons. The van der Waals surface area contributed by atoms with E-state index in [0.717, 1.165) is 66.5 Å². The quantitative estimate of drug-likeness (QED) is 0.269. The van der Waals surface area contributed by atoms with Crippen LogP contribution in [0.5, 0.6) is 0 Å². The van der Waals surface area contributed by atoms with Gasteiger partial charge in [0.05, 0.1) is 17.3 Å². The monoisotopic (exact) mass is 533 g/mol. The molecule has 0 unspecified atom stereocenters. The summed E-state index contributed by atoms with van der Waals surface area (Å²) in [6.45, 7) is 3.94. The number of aromatic nitrogens is 6. The minimum Gasteiger partial charge on any atom is -0.339 e. The van der Waals surface area contributed by atoms with Gasteiger partial charge in [0.25, 0.3) is 5.56 Å². The maximum Gasteiger partial charge on any atom is 0.259 e. The Morgan fingerprint density at radius 3 is 2.55 bits per heavy atom. The van der Waals surface area contributed by atoms with E-state index in [9.17, 15) is 10.1 Å². The third kappa shape index (κ3) is 4.70. The first-order valence-electron chi connectivity index (χ1n) is 13.9. The van der Waals surface area contributed by atoms with Gasteiger partial charge in [-0.25, -0.2) is 4.52 Å². The number of benzene rings is 2. The molecule has 0 aliphatic heterocycles. The van der Waals surface area contributed by atoms with E-state index < -0.39 is 0 Å². The number of rotatable bonds is 7. The van der Waals surface area contributed by atoms with Crippen LogP contribution in [-0.4, -0.2) is 29.3 Å². The standard InChI is InChI=1S/C31H31N7O2/c1-3-6-28-27(17-21-9-11-22(12-10-21)26-8-5-4-7-24(26)18-32)30(39)37(31-33-19-34-38(28)31)25-15-13-23(14-16-25)29-35-20(2)36-40-29/h4-5,7-12,19,23,25H,3,6,13-17H2,1-2H3. The van der Waals surface area contributed by atoms with Crippen molar-refractivity contribution < 1.29 is 4.52 Å². The van der Waals surface area contributed by atoms with Crippen molar-refractivity contribution in [2.45, 2.75) is 70.8 Å². The van der Waals surface area contributed by atoms with Crippen LogP contribution < -0.4 is 5.56 Å². The smallest absolute Gasteiger partial charge is 0.259 e. The van der Waals surface area contributed by atoms with Crippen LogP contribution in [-0.2, 0) is 12.8 Å². The zero-order valence-electron chi connectivity index (χ0n) is 22.7. The van der Waals surface area contributed by atoms with Crippen molar-refractivity contribution in [3.05, 3.63) is 99.3 Å². The van der Waals surface area contributed by atoms with Gasteiger partial charge in [0.15, 0.2) is 5.82 Å². The molecule has 0 amide bonds. The van der Waals surface area contributed by atoms with Gasteiger partial charge >= 0.3 is 0 Å². The highest BCUT2D eigenvalue weighted by Crippen LogP contribution is 2.37. The second kappa shape index (κ2) is 10.9. The fourth-order valence-corrected chi connectivity index (χ4v) is 5.98. The zero-order valence-corrected chi connectivity index (χ0v) is 22.7. The Bertz CT molecular complexity index is 1750. The molecule has 5 aromatic rings. The number of hydrogen-bond donors (Lipinski definition) is 0. The second-order valence-corrected chi connectivity index (χ2v) is 10.5. The van der Waals surface area contributed by atoms with E-state index in [2.05, 4.69) is 33.2 Å². The Balaban J connectivity index is 1.34. The number of hydrogen-bond acceptors (Lipinski definition) is 7. The van der Waals surface area contributed by atoms with Gasteiger partial charge in [-0.1, -0.05) is 61.0 Å². The van der Waals surface area contributed by atoms with Crippen molar-refractivity contribution in [2.75, 3.05) is 0 Å². The molecule has 0 saturated heterocycles. The average molecular weight is 534 g/mol. The fourth-order valence-electron chi connectivity index (χ4n) is 5.98. The Hall–Kier alpha value is -4.58. The van der Waals surface area contributed by atoms with Crippen LogP contribution in [0.15, 0.2) is 64.2 Å². The van der Waals surface area contributed by atoms with Crippen molar-refractivity contribution in [2.24, 2.45) is 0 Å². The summed E-state index contributed by atoms with van der Waals surface area (Å²) >= 11 is 0. The topological polar surface area (TPSA) is 115 Å². The molecule has 0 spiro atoms. The van der Waals surface area contributed by atoms with E-state index in [-0.39, 0.29) is 17.5 Å². The highest BCUT2D eigenvalue weighted by Gasteiger charge is 2.30.